The third-order valence-corrected chi connectivity index (χ3v) is 4.62. The molecule has 0 radical (unpaired) electrons. The maximum atomic E-state index is 10.7. The molecular weight excluding hydrogens is 252 g/mol. The van der Waals surface area contributed by atoms with Gasteiger partial charge in [0.25, 0.3) is 5.69 Å². The number of non-ortho nitro benzene ring substituents is 1. The Balaban J connectivity index is 2.09. The van der Waals surface area contributed by atoms with E-state index in [0.29, 0.717) is 11.5 Å². The quantitative estimate of drug-likeness (QED) is 0.636. The molecule has 0 aliphatic heterocycles. The van der Waals surface area contributed by atoms with Gasteiger partial charge in [0.05, 0.1) is 4.92 Å². The second-order valence-corrected chi connectivity index (χ2v) is 6.10. The van der Waals surface area contributed by atoms with Crippen LogP contribution in [0.25, 0.3) is 0 Å². The first kappa shape index (κ1) is 15.0. The lowest BCUT2D eigenvalue weighted by Gasteiger charge is -2.35. The molecule has 2 rings (SSSR count). The van der Waals surface area contributed by atoms with E-state index in [-0.39, 0.29) is 10.6 Å². The van der Waals surface area contributed by atoms with E-state index in [2.05, 4.69) is 19.2 Å². The molecule has 1 aromatic carbocycles. The van der Waals surface area contributed by atoms with Gasteiger partial charge in [-0.3, -0.25) is 10.1 Å². The summed E-state index contributed by atoms with van der Waals surface area (Å²) in [7, 11) is 0. The normalized spacial score (nSPS) is 18.9. The summed E-state index contributed by atoms with van der Waals surface area (Å²) in [4.78, 5) is 10.3. The predicted octanol–water partition coefficient (Wildman–Crippen LogP) is 3.70. The van der Waals surface area contributed by atoms with Crippen LogP contribution in [0.5, 0.6) is 0 Å². The Kier molecular flexibility index (Phi) is 4.76. The van der Waals surface area contributed by atoms with Gasteiger partial charge in [-0.1, -0.05) is 38.8 Å². The van der Waals surface area contributed by atoms with Crippen LogP contribution in [0.3, 0.4) is 0 Å². The predicted molar refractivity (Wildman–Crippen MR) is 80.8 cm³/mol. The minimum atomic E-state index is -0.343. The summed E-state index contributed by atoms with van der Waals surface area (Å²) >= 11 is 0. The fraction of sp³-hybridized carbons (Fsp3) is 0.625. The van der Waals surface area contributed by atoms with Crippen LogP contribution in [-0.4, -0.2) is 17.5 Å². The lowest BCUT2D eigenvalue weighted by Crippen LogP contribution is -2.43. The molecule has 1 fully saturated rings. The van der Waals surface area contributed by atoms with Crippen molar-refractivity contribution >= 4 is 5.69 Å². The Labute approximate surface area is 120 Å². The van der Waals surface area contributed by atoms with Crippen molar-refractivity contribution in [2.45, 2.75) is 52.0 Å². The number of benzene rings is 1. The topological polar surface area (TPSA) is 55.2 Å². The monoisotopic (exact) mass is 276 g/mol. The molecule has 1 aromatic rings. The molecule has 1 unspecified atom stereocenters. The smallest absolute Gasteiger partial charge is 0.269 e. The Hall–Kier alpha value is -1.42. The van der Waals surface area contributed by atoms with Gasteiger partial charge in [0.2, 0.25) is 0 Å². The van der Waals surface area contributed by atoms with Gasteiger partial charge in [-0.05, 0) is 36.8 Å². The van der Waals surface area contributed by atoms with Crippen molar-refractivity contribution in [3.63, 3.8) is 0 Å². The van der Waals surface area contributed by atoms with Crippen molar-refractivity contribution in [2.24, 2.45) is 5.41 Å². The van der Waals surface area contributed by atoms with Crippen LogP contribution in [0.1, 0.15) is 45.1 Å². The second kappa shape index (κ2) is 6.35. The summed E-state index contributed by atoms with van der Waals surface area (Å²) in [6, 6.07) is 7.45. The van der Waals surface area contributed by atoms with Gasteiger partial charge in [-0.25, -0.2) is 0 Å². The summed E-state index contributed by atoms with van der Waals surface area (Å²) in [5.74, 6) is 0. The molecule has 0 bridgehead atoms. The largest absolute Gasteiger partial charge is 0.313 e. The van der Waals surface area contributed by atoms with Crippen LogP contribution in [0.15, 0.2) is 24.3 Å². The van der Waals surface area contributed by atoms with Crippen molar-refractivity contribution in [1.82, 2.24) is 5.32 Å². The average molecular weight is 276 g/mol. The summed E-state index contributed by atoms with van der Waals surface area (Å²) < 4.78 is 0. The zero-order valence-corrected chi connectivity index (χ0v) is 12.4. The van der Waals surface area contributed by atoms with Gasteiger partial charge in [0.1, 0.15) is 0 Å². The van der Waals surface area contributed by atoms with Crippen molar-refractivity contribution < 1.29 is 4.92 Å². The second-order valence-electron chi connectivity index (χ2n) is 6.10. The first-order valence-corrected chi connectivity index (χ1v) is 7.52. The molecule has 0 heterocycles. The van der Waals surface area contributed by atoms with Crippen LogP contribution < -0.4 is 5.32 Å². The van der Waals surface area contributed by atoms with Crippen LogP contribution in [0, 0.1) is 15.5 Å². The molecule has 0 saturated heterocycles. The molecular formula is C16H24N2O2. The zero-order valence-electron chi connectivity index (χ0n) is 12.4. The number of hydrogen-bond acceptors (Lipinski definition) is 3. The highest BCUT2D eigenvalue weighted by Crippen LogP contribution is 2.41. The minimum absolute atomic E-state index is 0.167. The fourth-order valence-corrected chi connectivity index (χ4v) is 3.33. The standard InChI is InChI=1S/C16H24N2O2/c1-3-17-15(16(2)10-4-5-11-16)12-13-6-8-14(9-7-13)18(19)20/h6-9,15,17H,3-5,10-12H2,1-2H3. The molecule has 1 saturated carbocycles. The lowest BCUT2D eigenvalue weighted by molar-refractivity contribution is -0.384. The Morgan fingerprint density at radius 3 is 2.40 bits per heavy atom. The maximum absolute atomic E-state index is 10.7. The van der Waals surface area contributed by atoms with Gasteiger partial charge >= 0.3 is 0 Å². The van der Waals surface area contributed by atoms with E-state index < -0.39 is 0 Å². The molecule has 110 valence electrons. The minimum Gasteiger partial charge on any atom is -0.313 e. The third kappa shape index (κ3) is 3.37. The van der Waals surface area contributed by atoms with Crippen LogP contribution in [0.2, 0.25) is 0 Å². The molecule has 4 nitrogen and oxygen atoms in total. The van der Waals surface area contributed by atoms with E-state index in [1.807, 2.05) is 12.1 Å². The van der Waals surface area contributed by atoms with Crippen molar-refractivity contribution in [3.8, 4) is 0 Å². The molecule has 0 aromatic heterocycles. The summed E-state index contributed by atoms with van der Waals surface area (Å²) in [6.45, 7) is 5.48. The Morgan fingerprint density at radius 1 is 1.30 bits per heavy atom. The molecule has 1 aliphatic carbocycles. The van der Waals surface area contributed by atoms with Crippen molar-refractivity contribution in [2.75, 3.05) is 6.54 Å². The summed E-state index contributed by atoms with van der Waals surface area (Å²) in [6.07, 6.45) is 6.13. The van der Waals surface area contributed by atoms with E-state index >= 15 is 0 Å². The number of likely N-dealkylation sites (N-methyl/N-ethyl adjacent to an activating group) is 1. The molecule has 4 heteroatoms. The van der Waals surface area contributed by atoms with E-state index in [0.717, 1.165) is 13.0 Å². The molecule has 1 atom stereocenters. The van der Waals surface area contributed by atoms with Gasteiger partial charge in [-0.2, -0.15) is 0 Å². The molecule has 20 heavy (non-hydrogen) atoms. The maximum Gasteiger partial charge on any atom is 0.269 e. The molecule has 1 N–H and O–H groups in total. The van der Waals surface area contributed by atoms with Crippen molar-refractivity contribution in [1.29, 1.82) is 0 Å². The summed E-state index contributed by atoms with van der Waals surface area (Å²) in [5.41, 5.74) is 1.70. The highest BCUT2D eigenvalue weighted by atomic mass is 16.6. The summed E-state index contributed by atoms with van der Waals surface area (Å²) in [5, 5.41) is 14.3. The van der Waals surface area contributed by atoms with Gasteiger partial charge in [0, 0.05) is 18.2 Å². The van der Waals surface area contributed by atoms with E-state index in [9.17, 15) is 10.1 Å². The highest BCUT2D eigenvalue weighted by molar-refractivity contribution is 5.33. The number of hydrogen-bond donors (Lipinski definition) is 1. The first-order valence-electron chi connectivity index (χ1n) is 7.52. The van der Waals surface area contributed by atoms with Gasteiger partial charge in [-0.15, -0.1) is 0 Å². The van der Waals surface area contributed by atoms with Crippen LogP contribution >= 0.6 is 0 Å². The number of nitrogens with zero attached hydrogens (tertiary/aromatic N) is 1. The van der Waals surface area contributed by atoms with E-state index in [4.69, 9.17) is 0 Å². The van der Waals surface area contributed by atoms with Crippen LogP contribution in [0.4, 0.5) is 5.69 Å². The third-order valence-electron chi connectivity index (χ3n) is 4.62. The molecule has 0 spiro atoms. The van der Waals surface area contributed by atoms with Gasteiger partial charge < -0.3 is 5.32 Å². The fourth-order valence-electron chi connectivity index (χ4n) is 3.33. The lowest BCUT2D eigenvalue weighted by atomic mass is 9.78. The number of nitro benzene ring substituents is 1. The van der Waals surface area contributed by atoms with Crippen molar-refractivity contribution in [3.05, 3.63) is 39.9 Å². The zero-order chi connectivity index (χ0) is 14.6. The van der Waals surface area contributed by atoms with E-state index in [1.54, 1.807) is 12.1 Å². The number of nitro groups is 1. The van der Waals surface area contributed by atoms with Gasteiger partial charge in [0.15, 0.2) is 0 Å². The average Bonchev–Trinajstić information content (AvgIpc) is 2.87. The Morgan fingerprint density at radius 2 is 1.90 bits per heavy atom. The molecule has 0 amide bonds. The van der Waals surface area contributed by atoms with Crippen LogP contribution in [-0.2, 0) is 6.42 Å². The number of nitrogens with one attached hydrogen (secondary N) is 1. The highest BCUT2D eigenvalue weighted by Gasteiger charge is 2.36. The SMILES string of the molecule is CCNC(Cc1ccc([N+](=O)[O-])cc1)C1(C)CCCC1. The first-order chi connectivity index (χ1) is 9.55. The Bertz CT molecular complexity index is 450. The number of rotatable bonds is 6. The molecule has 1 aliphatic rings. The van der Waals surface area contributed by atoms with E-state index in [1.165, 1.54) is 31.2 Å².